The Hall–Kier alpha value is -1.81. The number of nitrogens with one attached hydrogen (secondary N) is 1. The number of hydrogen-bond acceptors (Lipinski definition) is 3. The predicted octanol–water partition coefficient (Wildman–Crippen LogP) is 2.83. The van der Waals surface area contributed by atoms with Crippen LogP contribution < -0.4 is 5.32 Å². The number of para-hydroxylation sites is 1. The fraction of sp³-hybridized carbons (Fsp3) is 0.471. The zero-order valence-corrected chi connectivity index (χ0v) is 12.9. The molecular weight excluding hydrogens is 260 g/mol. The Kier molecular flexibility index (Phi) is 4.25. The van der Waals surface area contributed by atoms with Crippen molar-refractivity contribution >= 4 is 5.69 Å². The lowest BCUT2D eigenvalue weighted by Gasteiger charge is -2.36. The quantitative estimate of drug-likeness (QED) is 0.937. The van der Waals surface area contributed by atoms with Gasteiger partial charge in [-0.05, 0) is 44.5 Å². The van der Waals surface area contributed by atoms with Crippen molar-refractivity contribution in [3.05, 3.63) is 48.3 Å². The van der Waals surface area contributed by atoms with Crippen LogP contribution in [0.25, 0.3) is 0 Å². The molecule has 2 aromatic rings. The SMILES string of the molecule is CC1CC(Nc2ccccc2Cn2cccn2)CCN1C. The molecule has 0 amide bonds. The van der Waals surface area contributed by atoms with Gasteiger partial charge in [-0.25, -0.2) is 0 Å². The molecule has 1 N–H and O–H groups in total. The van der Waals surface area contributed by atoms with Crippen LogP contribution in [0.2, 0.25) is 0 Å². The summed E-state index contributed by atoms with van der Waals surface area (Å²) in [5.74, 6) is 0. The molecule has 0 aliphatic carbocycles. The van der Waals surface area contributed by atoms with Crippen LogP contribution in [0.1, 0.15) is 25.3 Å². The first-order chi connectivity index (χ1) is 10.2. The Bertz CT molecular complexity index is 564. The molecule has 1 saturated heterocycles. The van der Waals surface area contributed by atoms with Crippen molar-refractivity contribution in [3.8, 4) is 0 Å². The van der Waals surface area contributed by atoms with Gasteiger partial charge in [0.1, 0.15) is 0 Å². The van der Waals surface area contributed by atoms with Crippen LogP contribution in [0.5, 0.6) is 0 Å². The van der Waals surface area contributed by atoms with Crippen molar-refractivity contribution in [3.63, 3.8) is 0 Å². The number of aromatic nitrogens is 2. The summed E-state index contributed by atoms with van der Waals surface area (Å²) in [6.07, 6.45) is 6.24. The third-order valence-corrected chi connectivity index (χ3v) is 4.48. The smallest absolute Gasteiger partial charge is 0.0679 e. The zero-order valence-electron chi connectivity index (χ0n) is 12.9. The van der Waals surface area contributed by atoms with Crippen molar-refractivity contribution < 1.29 is 0 Å². The highest BCUT2D eigenvalue weighted by Gasteiger charge is 2.22. The molecule has 0 saturated carbocycles. The van der Waals surface area contributed by atoms with E-state index in [1.165, 1.54) is 30.6 Å². The molecule has 3 rings (SSSR count). The van der Waals surface area contributed by atoms with E-state index in [0.29, 0.717) is 12.1 Å². The standard InChI is InChI=1S/C17H24N4/c1-14-12-16(8-11-20(14)2)19-17-7-4-3-6-15(17)13-21-10-5-9-18-21/h3-7,9-10,14,16,19H,8,11-13H2,1-2H3. The van der Waals surface area contributed by atoms with E-state index in [4.69, 9.17) is 0 Å². The molecule has 2 atom stereocenters. The molecular formula is C17H24N4. The highest BCUT2D eigenvalue weighted by Crippen LogP contribution is 2.23. The minimum Gasteiger partial charge on any atom is -0.382 e. The lowest BCUT2D eigenvalue weighted by molar-refractivity contribution is 0.190. The van der Waals surface area contributed by atoms with E-state index in [0.717, 1.165) is 6.54 Å². The average Bonchev–Trinajstić information content (AvgIpc) is 2.98. The van der Waals surface area contributed by atoms with Gasteiger partial charge in [-0.15, -0.1) is 0 Å². The van der Waals surface area contributed by atoms with E-state index in [1.54, 1.807) is 0 Å². The Morgan fingerprint density at radius 1 is 1.29 bits per heavy atom. The number of benzene rings is 1. The third kappa shape index (κ3) is 3.45. The fourth-order valence-electron chi connectivity index (χ4n) is 3.01. The molecule has 0 radical (unpaired) electrons. The second-order valence-corrected chi connectivity index (χ2v) is 6.06. The molecule has 21 heavy (non-hydrogen) atoms. The number of hydrogen-bond donors (Lipinski definition) is 1. The summed E-state index contributed by atoms with van der Waals surface area (Å²) >= 11 is 0. The van der Waals surface area contributed by atoms with Crippen LogP contribution in [-0.2, 0) is 6.54 Å². The summed E-state index contributed by atoms with van der Waals surface area (Å²) in [5.41, 5.74) is 2.54. The van der Waals surface area contributed by atoms with Gasteiger partial charge in [0.2, 0.25) is 0 Å². The van der Waals surface area contributed by atoms with Crippen molar-refractivity contribution in [1.82, 2.24) is 14.7 Å². The lowest BCUT2D eigenvalue weighted by Crippen LogP contribution is -2.42. The molecule has 0 spiro atoms. The fourth-order valence-corrected chi connectivity index (χ4v) is 3.01. The second kappa shape index (κ2) is 6.31. The Morgan fingerprint density at radius 3 is 2.90 bits per heavy atom. The van der Waals surface area contributed by atoms with Crippen LogP contribution >= 0.6 is 0 Å². The number of anilines is 1. The van der Waals surface area contributed by atoms with E-state index in [9.17, 15) is 0 Å². The molecule has 1 aliphatic heterocycles. The Morgan fingerprint density at radius 2 is 2.14 bits per heavy atom. The Labute approximate surface area is 126 Å². The zero-order chi connectivity index (χ0) is 14.7. The maximum Gasteiger partial charge on any atom is 0.0679 e. The van der Waals surface area contributed by atoms with Crippen molar-refractivity contribution in [1.29, 1.82) is 0 Å². The molecule has 2 heterocycles. The minimum absolute atomic E-state index is 0.565. The number of rotatable bonds is 4. The molecule has 1 fully saturated rings. The lowest BCUT2D eigenvalue weighted by atomic mass is 9.98. The molecule has 4 heteroatoms. The summed E-state index contributed by atoms with van der Waals surface area (Å²) in [6.45, 7) is 4.29. The van der Waals surface area contributed by atoms with E-state index in [-0.39, 0.29) is 0 Å². The van der Waals surface area contributed by atoms with Gasteiger partial charge < -0.3 is 10.2 Å². The van der Waals surface area contributed by atoms with Gasteiger partial charge in [0.15, 0.2) is 0 Å². The number of likely N-dealkylation sites (tertiary alicyclic amines) is 1. The monoisotopic (exact) mass is 284 g/mol. The van der Waals surface area contributed by atoms with Gasteiger partial charge >= 0.3 is 0 Å². The van der Waals surface area contributed by atoms with Crippen molar-refractivity contribution in [2.24, 2.45) is 0 Å². The summed E-state index contributed by atoms with van der Waals surface area (Å²) in [6, 6.07) is 11.7. The maximum atomic E-state index is 4.30. The molecule has 1 aliphatic rings. The van der Waals surface area contributed by atoms with Crippen molar-refractivity contribution in [2.45, 2.75) is 38.4 Å². The molecule has 1 aromatic heterocycles. The topological polar surface area (TPSA) is 33.1 Å². The van der Waals surface area contributed by atoms with Gasteiger partial charge in [0.25, 0.3) is 0 Å². The summed E-state index contributed by atoms with van der Waals surface area (Å²) < 4.78 is 1.97. The van der Waals surface area contributed by atoms with Gasteiger partial charge in [-0.3, -0.25) is 4.68 Å². The van der Waals surface area contributed by atoms with E-state index in [2.05, 4.69) is 53.6 Å². The van der Waals surface area contributed by atoms with Gasteiger partial charge in [0, 0.05) is 36.7 Å². The first-order valence-corrected chi connectivity index (χ1v) is 7.74. The normalized spacial score (nSPS) is 23.1. The number of nitrogens with zero attached hydrogens (tertiary/aromatic N) is 3. The first kappa shape index (κ1) is 14.1. The van der Waals surface area contributed by atoms with Crippen LogP contribution in [-0.4, -0.2) is 40.4 Å². The van der Waals surface area contributed by atoms with Crippen LogP contribution in [0.3, 0.4) is 0 Å². The van der Waals surface area contributed by atoms with Gasteiger partial charge in [0.05, 0.1) is 6.54 Å². The molecule has 1 aromatic carbocycles. The first-order valence-electron chi connectivity index (χ1n) is 7.74. The van der Waals surface area contributed by atoms with Crippen LogP contribution in [0.15, 0.2) is 42.7 Å². The molecule has 112 valence electrons. The summed E-state index contributed by atoms with van der Waals surface area (Å²) in [4.78, 5) is 2.44. The third-order valence-electron chi connectivity index (χ3n) is 4.48. The van der Waals surface area contributed by atoms with Crippen LogP contribution in [0, 0.1) is 0 Å². The van der Waals surface area contributed by atoms with Crippen molar-refractivity contribution in [2.75, 3.05) is 18.9 Å². The number of piperidine rings is 1. The molecule has 4 nitrogen and oxygen atoms in total. The van der Waals surface area contributed by atoms with Gasteiger partial charge in [-0.2, -0.15) is 5.10 Å². The maximum absolute atomic E-state index is 4.30. The largest absolute Gasteiger partial charge is 0.382 e. The van der Waals surface area contributed by atoms with E-state index < -0.39 is 0 Å². The van der Waals surface area contributed by atoms with E-state index in [1.807, 2.05) is 23.1 Å². The summed E-state index contributed by atoms with van der Waals surface area (Å²) in [5, 5.41) is 8.05. The Balaban J connectivity index is 1.70. The minimum atomic E-state index is 0.565. The predicted molar refractivity (Wildman–Crippen MR) is 86.5 cm³/mol. The highest BCUT2D eigenvalue weighted by molar-refractivity contribution is 5.52. The van der Waals surface area contributed by atoms with Gasteiger partial charge in [-0.1, -0.05) is 18.2 Å². The molecule has 2 unspecified atom stereocenters. The van der Waals surface area contributed by atoms with Crippen LogP contribution in [0.4, 0.5) is 5.69 Å². The second-order valence-electron chi connectivity index (χ2n) is 6.06. The highest BCUT2D eigenvalue weighted by atomic mass is 15.3. The van der Waals surface area contributed by atoms with E-state index >= 15 is 0 Å². The average molecular weight is 284 g/mol. The molecule has 0 bridgehead atoms. The summed E-state index contributed by atoms with van der Waals surface area (Å²) in [7, 11) is 2.21.